The number of hydrogen-bond acceptors (Lipinski definition) is 2. The Morgan fingerprint density at radius 2 is 1.83 bits per heavy atom. The van der Waals surface area contributed by atoms with Crippen LogP contribution in [0.3, 0.4) is 0 Å². The van der Waals surface area contributed by atoms with Gasteiger partial charge in [-0.2, -0.15) is 0 Å². The van der Waals surface area contributed by atoms with Crippen LogP contribution in [-0.2, 0) is 4.74 Å². The molecule has 3 fully saturated rings. The van der Waals surface area contributed by atoms with Crippen molar-refractivity contribution in [1.29, 1.82) is 0 Å². The summed E-state index contributed by atoms with van der Waals surface area (Å²) in [5, 5.41) is 0. The van der Waals surface area contributed by atoms with Crippen molar-refractivity contribution in [1.82, 2.24) is 0 Å². The molecule has 1 aliphatic heterocycles. The molecule has 0 aromatic heterocycles. The van der Waals surface area contributed by atoms with E-state index in [-0.39, 0.29) is 11.1 Å². The van der Waals surface area contributed by atoms with Crippen molar-refractivity contribution >= 4 is 0 Å². The van der Waals surface area contributed by atoms with E-state index in [1.807, 2.05) is 0 Å². The van der Waals surface area contributed by atoms with Gasteiger partial charge < -0.3 is 10.5 Å². The predicted octanol–water partition coefficient (Wildman–Crippen LogP) is 3.78. The molecule has 3 rings (SSSR count). The Bertz CT molecular complexity index is 297. The van der Waals surface area contributed by atoms with Crippen LogP contribution in [-0.4, -0.2) is 17.2 Å². The Hall–Kier alpha value is -0.0800. The molecule has 1 heterocycles. The van der Waals surface area contributed by atoms with Gasteiger partial charge in [0, 0.05) is 5.54 Å². The summed E-state index contributed by atoms with van der Waals surface area (Å²) in [4.78, 5) is 0. The summed E-state index contributed by atoms with van der Waals surface area (Å²) in [6, 6.07) is 0. The highest BCUT2D eigenvalue weighted by atomic mass is 16.5. The van der Waals surface area contributed by atoms with E-state index in [0.717, 1.165) is 12.3 Å². The molecule has 1 spiro atoms. The van der Waals surface area contributed by atoms with Crippen LogP contribution in [0.2, 0.25) is 0 Å². The predicted molar refractivity (Wildman–Crippen MR) is 74.5 cm³/mol. The van der Waals surface area contributed by atoms with E-state index in [4.69, 9.17) is 10.5 Å². The van der Waals surface area contributed by atoms with Gasteiger partial charge >= 0.3 is 0 Å². The van der Waals surface area contributed by atoms with E-state index in [9.17, 15) is 0 Å². The van der Waals surface area contributed by atoms with Crippen LogP contribution in [0.5, 0.6) is 0 Å². The maximum Gasteiger partial charge on any atom is 0.0687 e. The van der Waals surface area contributed by atoms with Crippen LogP contribution in [0.4, 0.5) is 0 Å². The average molecular weight is 251 g/mol. The molecule has 3 unspecified atom stereocenters. The maximum atomic E-state index is 6.64. The van der Waals surface area contributed by atoms with Crippen molar-refractivity contribution in [2.75, 3.05) is 0 Å². The molecule has 18 heavy (non-hydrogen) atoms. The summed E-state index contributed by atoms with van der Waals surface area (Å²) in [7, 11) is 0. The Labute approximate surface area is 112 Å². The first-order chi connectivity index (χ1) is 8.59. The molecule has 2 heteroatoms. The molecular weight excluding hydrogens is 222 g/mol. The molecule has 0 aromatic carbocycles. The normalized spacial score (nSPS) is 43.7. The topological polar surface area (TPSA) is 35.2 Å². The van der Waals surface area contributed by atoms with E-state index < -0.39 is 0 Å². The summed E-state index contributed by atoms with van der Waals surface area (Å²) in [6.07, 6.45) is 14.6. The molecule has 1 saturated heterocycles. The van der Waals surface area contributed by atoms with Gasteiger partial charge in [0.1, 0.15) is 0 Å². The fourth-order valence-electron chi connectivity index (χ4n) is 4.77. The lowest BCUT2D eigenvalue weighted by atomic mass is 9.74. The zero-order valence-corrected chi connectivity index (χ0v) is 11.9. The largest absolute Gasteiger partial charge is 0.372 e. The molecule has 2 nitrogen and oxygen atoms in total. The maximum absolute atomic E-state index is 6.64. The van der Waals surface area contributed by atoms with Crippen molar-refractivity contribution in [3.05, 3.63) is 0 Å². The molecule has 0 bridgehead atoms. The lowest BCUT2D eigenvalue weighted by Gasteiger charge is -2.39. The third kappa shape index (κ3) is 2.60. The highest BCUT2D eigenvalue weighted by molar-refractivity contribution is 4.97. The van der Waals surface area contributed by atoms with E-state index in [1.165, 1.54) is 64.2 Å². The van der Waals surface area contributed by atoms with Gasteiger partial charge in [-0.05, 0) is 50.9 Å². The monoisotopic (exact) mass is 251 g/mol. The fourth-order valence-corrected chi connectivity index (χ4v) is 4.77. The SMILES string of the molecule is CC1CCCC(N)(CC2CCC3(CCCC3)O2)C1. The summed E-state index contributed by atoms with van der Waals surface area (Å²) < 4.78 is 6.43. The van der Waals surface area contributed by atoms with Gasteiger partial charge in [0.25, 0.3) is 0 Å². The van der Waals surface area contributed by atoms with E-state index in [2.05, 4.69) is 6.92 Å². The quantitative estimate of drug-likeness (QED) is 0.810. The average Bonchev–Trinajstić information content (AvgIpc) is 2.89. The molecule has 0 amide bonds. The summed E-state index contributed by atoms with van der Waals surface area (Å²) in [6.45, 7) is 2.36. The highest BCUT2D eigenvalue weighted by Gasteiger charge is 2.44. The minimum absolute atomic E-state index is 0.0759. The molecule has 0 aromatic rings. The Balaban J connectivity index is 1.57. The van der Waals surface area contributed by atoms with E-state index >= 15 is 0 Å². The van der Waals surface area contributed by atoms with Gasteiger partial charge in [-0.1, -0.05) is 32.6 Å². The molecule has 0 radical (unpaired) electrons. The lowest BCUT2D eigenvalue weighted by molar-refractivity contribution is -0.0492. The third-order valence-corrected chi connectivity index (χ3v) is 5.61. The Morgan fingerprint density at radius 1 is 1.06 bits per heavy atom. The van der Waals surface area contributed by atoms with Crippen molar-refractivity contribution < 1.29 is 4.74 Å². The van der Waals surface area contributed by atoms with Crippen molar-refractivity contribution in [3.63, 3.8) is 0 Å². The van der Waals surface area contributed by atoms with Gasteiger partial charge in [0.2, 0.25) is 0 Å². The smallest absolute Gasteiger partial charge is 0.0687 e. The molecule has 3 atom stereocenters. The number of ether oxygens (including phenoxy) is 1. The summed E-state index contributed by atoms with van der Waals surface area (Å²) in [5.41, 5.74) is 6.99. The first kappa shape index (κ1) is 12.9. The Kier molecular flexibility index (Phi) is 3.44. The van der Waals surface area contributed by atoms with Crippen molar-refractivity contribution in [3.8, 4) is 0 Å². The molecule has 2 N–H and O–H groups in total. The van der Waals surface area contributed by atoms with E-state index in [1.54, 1.807) is 0 Å². The van der Waals surface area contributed by atoms with Gasteiger partial charge in [-0.15, -0.1) is 0 Å². The minimum atomic E-state index is 0.0759. The fraction of sp³-hybridized carbons (Fsp3) is 1.00. The standard InChI is InChI=1S/C16H29NO/c1-13-5-4-7-15(17,11-13)12-14-6-10-16(18-14)8-2-3-9-16/h13-14H,2-12,17H2,1H3. The summed E-state index contributed by atoms with van der Waals surface area (Å²) >= 11 is 0. The molecule has 2 saturated carbocycles. The third-order valence-electron chi connectivity index (χ3n) is 5.61. The number of nitrogens with two attached hydrogens (primary N) is 1. The highest BCUT2D eigenvalue weighted by Crippen LogP contribution is 2.46. The van der Waals surface area contributed by atoms with Crippen LogP contribution in [0.25, 0.3) is 0 Å². The molecule has 104 valence electrons. The van der Waals surface area contributed by atoms with Gasteiger partial charge in [-0.25, -0.2) is 0 Å². The van der Waals surface area contributed by atoms with Gasteiger partial charge in [-0.3, -0.25) is 0 Å². The second-order valence-electron chi connectivity index (χ2n) is 7.44. The lowest BCUT2D eigenvalue weighted by Crippen LogP contribution is -2.46. The zero-order chi connectivity index (χ0) is 12.6. The van der Waals surface area contributed by atoms with E-state index in [0.29, 0.717) is 6.10 Å². The molecule has 3 aliphatic rings. The zero-order valence-electron chi connectivity index (χ0n) is 11.9. The van der Waals surface area contributed by atoms with Crippen LogP contribution < -0.4 is 5.73 Å². The van der Waals surface area contributed by atoms with Crippen molar-refractivity contribution in [2.45, 2.75) is 94.8 Å². The van der Waals surface area contributed by atoms with Crippen LogP contribution in [0.1, 0.15) is 77.6 Å². The second kappa shape index (κ2) is 4.79. The summed E-state index contributed by atoms with van der Waals surface area (Å²) in [5.74, 6) is 0.811. The van der Waals surface area contributed by atoms with Crippen LogP contribution in [0.15, 0.2) is 0 Å². The van der Waals surface area contributed by atoms with Gasteiger partial charge in [0.15, 0.2) is 0 Å². The van der Waals surface area contributed by atoms with Crippen molar-refractivity contribution in [2.24, 2.45) is 11.7 Å². The number of rotatable bonds is 2. The molecule has 2 aliphatic carbocycles. The Morgan fingerprint density at radius 3 is 2.56 bits per heavy atom. The van der Waals surface area contributed by atoms with Crippen LogP contribution in [0, 0.1) is 5.92 Å². The first-order valence-electron chi connectivity index (χ1n) is 8.06. The van der Waals surface area contributed by atoms with Crippen LogP contribution >= 0.6 is 0 Å². The number of hydrogen-bond donors (Lipinski definition) is 1. The van der Waals surface area contributed by atoms with Gasteiger partial charge in [0.05, 0.1) is 11.7 Å². The second-order valence-corrected chi connectivity index (χ2v) is 7.44. The minimum Gasteiger partial charge on any atom is -0.372 e. The first-order valence-corrected chi connectivity index (χ1v) is 8.06. The molecular formula is C16H29NO.